The fourth-order valence-corrected chi connectivity index (χ4v) is 1.96. The normalized spacial score (nSPS) is 12.8. The molecule has 2 heterocycles. The molecule has 25 heavy (non-hydrogen) atoms. The molecular formula is C15H8CuF7N2. The number of hydrogen-bond acceptors (Lipinski definition) is 2. The van der Waals surface area contributed by atoms with Gasteiger partial charge >= 0.3 is 63.7 Å². The zero-order valence-electron chi connectivity index (χ0n) is 12.0. The number of halogens is 7. The molecule has 0 atom stereocenters. The van der Waals surface area contributed by atoms with E-state index >= 15 is 0 Å². The maximum Gasteiger partial charge on any atom is 0.0964 e. The quantitative estimate of drug-likeness (QED) is 0.315. The summed E-state index contributed by atoms with van der Waals surface area (Å²) in [5.74, 6) is -6.15. The topological polar surface area (TPSA) is 25.8 Å². The van der Waals surface area contributed by atoms with Crippen LogP contribution in [0.15, 0.2) is 48.8 Å². The van der Waals surface area contributed by atoms with E-state index in [0.717, 1.165) is 21.8 Å². The van der Waals surface area contributed by atoms with Crippen LogP contribution in [0.4, 0.5) is 30.7 Å². The standard InChI is InChI=1S/C12H8N2.C3F7.Cu/c1-3-9-5-6-10-4-2-8-14-12(10)11(9)13-7-1;4-1(5)2(6,7)3(8,9)10;/h1-8H;;. The van der Waals surface area contributed by atoms with E-state index in [1.807, 2.05) is 12.1 Å². The Labute approximate surface area is 144 Å². The van der Waals surface area contributed by atoms with Crippen LogP contribution in [-0.4, -0.2) is 26.9 Å². The summed E-state index contributed by atoms with van der Waals surface area (Å²) in [6.45, 7) is 0. The fourth-order valence-electron chi connectivity index (χ4n) is 1.83. The number of alkyl halides is 7. The van der Waals surface area contributed by atoms with Crippen molar-refractivity contribution in [2.24, 2.45) is 0 Å². The van der Waals surface area contributed by atoms with Crippen LogP contribution in [0, 0.1) is 0 Å². The molecule has 3 aromatic rings. The molecule has 0 amide bonds. The fraction of sp³-hybridized carbons (Fsp3) is 0.200. The van der Waals surface area contributed by atoms with Crippen molar-refractivity contribution in [3.8, 4) is 0 Å². The molecule has 0 unspecified atom stereocenters. The minimum absolute atomic E-state index is 0.977. The van der Waals surface area contributed by atoms with Crippen molar-refractivity contribution in [3.05, 3.63) is 48.8 Å². The molecule has 138 valence electrons. The number of aromatic nitrogens is 2. The number of hydrogen-bond donors (Lipinski definition) is 0. The Morgan fingerprint density at radius 2 is 1.08 bits per heavy atom. The van der Waals surface area contributed by atoms with E-state index in [0.29, 0.717) is 0 Å². The molecule has 10 heteroatoms. The van der Waals surface area contributed by atoms with Crippen LogP contribution in [0.1, 0.15) is 0 Å². The van der Waals surface area contributed by atoms with Gasteiger partial charge in [-0.15, -0.1) is 0 Å². The maximum atomic E-state index is 11.5. The Morgan fingerprint density at radius 3 is 1.36 bits per heavy atom. The predicted octanol–water partition coefficient (Wildman–Crippen LogP) is 5.11. The molecule has 1 aromatic carbocycles. The molecule has 0 fully saturated rings. The number of pyridine rings is 2. The molecule has 0 bridgehead atoms. The Hall–Kier alpha value is -1.93. The average Bonchev–Trinajstić information content (AvgIpc) is 2.53. The zero-order valence-corrected chi connectivity index (χ0v) is 12.9. The second-order valence-corrected chi connectivity index (χ2v) is 5.33. The SMILES string of the molecule is FC(F)(F)C(F)(F)[C](F)(F)[Cu].c1cnc2c(c1)ccc1cccnc12. The summed E-state index contributed by atoms with van der Waals surface area (Å²) >= 11 is 2.82. The monoisotopic (exact) mass is 412 g/mol. The van der Waals surface area contributed by atoms with Crippen LogP contribution in [0.5, 0.6) is 0 Å². The van der Waals surface area contributed by atoms with Gasteiger partial charge in [0.05, 0.1) is 11.0 Å². The van der Waals surface area contributed by atoms with Crippen LogP contribution in [0.3, 0.4) is 0 Å². The van der Waals surface area contributed by atoms with E-state index in [1.54, 1.807) is 12.4 Å². The Balaban J connectivity index is 0.000000188. The average molecular weight is 413 g/mol. The number of nitrogens with zero attached hydrogens (tertiary/aromatic N) is 2. The Kier molecular flexibility index (Phi) is 5.24. The van der Waals surface area contributed by atoms with Crippen molar-refractivity contribution in [1.29, 1.82) is 0 Å². The van der Waals surface area contributed by atoms with E-state index in [2.05, 4.69) is 50.2 Å². The first-order valence-corrected chi connectivity index (χ1v) is 6.98. The van der Waals surface area contributed by atoms with Gasteiger partial charge in [-0.1, -0.05) is 24.3 Å². The summed E-state index contributed by atoms with van der Waals surface area (Å²) in [7, 11) is 0. The minimum atomic E-state index is -6.31. The van der Waals surface area contributed by atoms with E-state index < -0.39 is 16.9 Å². The summed E-state index contributed by atoms with van der Waals surface area (Å²) < 4.78 is 78.7. The predicted molar refractivity (Wildman–Crippen MR) is 73.0 cm³/mol. The summed E-state index contributed by atoms with van der Waals surface area (Å²) in [5, 5.41) is 2.28. The second kappa shape index (κ2) is 6.76. The molecule has 0 spiro atoms. The van der Waals surface area contributed by atoms with E-state index in [-0.39, 0.29) is 0 Å². The molecule has 0 aliphatic rings. The molecule has 0 saturated heterocycles. The van der Waals surface area contributed by atoms with Gasteiger partial charge in [0, 0.05) is 23.2 Å². The van der Waals surface area contributed by atoms with Gasteiger partial charge in [0.1, 0.15) is 0 Å². The number of fused-ring (bicyclic) bond motifs is 3. The van der Waals surface area contributed by atoms with Crippen molar-refractivity contribution >= 4 is 21.8 Å². The molecule has 0 N–H and O–H groups in total. The van der Waals surface area contributed by atoms with Crippen LogP contribution >= 0.6 is 0 Å². The molecule has 2 aromatic heterocycles. The van der Waals surface area contributed by atoms with E-state index in [4.69, 9.17) is 0 Å². The summed E-state index contributed by atoms with van der Waals surface area (Å²) in [4.78, 5) is 3.18. The van der Waals surface area contributed by atoms with Gasteiger partial charge in [0.15, 0.2) is 0 Å². The van der Waals surface area contributed by atoms with Crippen molar-refractivity contribution in [1.82, 2.24) is 9.97 Å². The van der Waals surface area contributed by atoms with Gasteiger partial charge in [-0.05, 0) is 12.1 Å². The third kappa shape index (κ3) is 4.01. The first-order chi connectivity index (χ1) is 11.4. The number of rotatable bonds is 1. The van der Waals surface area contributed by atoms with Crippen LogP contribution in [0.25, 0.3) is 21.8 Å². The summed E-state index contributed by atoms with van der Waals surface area (Å²) in [6, 6.07) is 12.1. The first-order valence-electron chi connectivity index (χ1n) is 6.51. The van der Waals surface area contributed by atoms with Crippen molar-refractivity contribution in [2.45, 2.75) is 16.9 Å². The first kappa shape index (κ1) is 19.4. The molecule has 0 aliphatic heterocycles. The van der Waals surface area contributed by atoms with Gasteiger partial charge in [-0.3, -0.25) is 9.97 Å². The molecular weight excluding hydrogens is 405 g/mol. The second-order valence-electron chi connectivity index (χ2n) is 4.74. The van der Waals surface area contributed by atoms with Crippen LogP contribution < -0.4 is 0 Å². The largest absolute Gasteiger partial charge is 0.254 e. The molecule has 3 rings (SSSR count). The van der Waals surface area contributed by atoms with E-state index in [9.17, 15) is 30.7 Å². The van der Waals surface area contributed by atoms with Gasteiger partial charge in [-0.2, -0.15) is 0 Å². The Morgan fingerprint density at radius 1 is 0.680 bits per heavy atom. The minimum Gasteiger partial charge on any atom is -0.254 e. The molecule has 2 nitrogen and oxygen atoms in total. The van der Waals surface area contributed by atoms with Crippen molar-refractivity contribution in [2.75, 3.05) is 0 Å². The van der Waals surface area contributed by atoms with Crippen molar-refractivity contribution < 1.29 is 46.7 Å². The molecule has 0 aliphatic carbocycles. The van der Waals surface area contributed by atoms with Gasteiger partial charge in [-0.25, -0.2) is 0 Å². The summed E-state index contributed by atoms with van der Waals surface area (Å²) in [6.07, 6.45) is -2.71. The van der Waals surface area contributed by atoms with Crippen molar-refractivity contribution in [3.63, 3.8) is 0 Å². The third-order valence-electron chi connectivity index (χ3n) is 3.03. The number of benzene rings is 1. The smallest absolute Gasteiger partial charge is 0.0964 e. The van der Waals surface area contributed by atoms with Gasteiger partial charge in [0.25, 0.3) is 0 Å². The van der Waals surface area contributed by atoms with Crippen LogP contribution in [-0.2, 0) is 16.0 Å². The van der Waals surface area contributed by atoms with Gasteiger partial charge in [0.2, 0.25) is 0 Å². The molecule has 0 radical (unpaired) electrons. The van der Waals surface area contributed by atoms with Gasteiger partial charge < -0.3 is 0 Å². The third-order valence-corrected chi connectivity index (χ3v) is 3.33. The maximum absolute atomic E-state index is 11.5. The summed E-state index contributed by atoms with van der Waals surface area (Å²) in [5.41, 5.74) is 1.95. The van der Waals surface area contributed by atoms with Crippen LogP contribution in [0.2, 0.25) is 0 Å². The van der Waals surface area contributed by atoms with E-state index in [1.165, 1.54) is 0 Å². The Bertz CT molecular complexity index is 804. The molecule has 0 saturated carbocycles. The zero-order chi connectivity index (χ0) is 18.9.